The fraction of sp³-hybridized carbons (Fsp3) is 0.0571. The first kappa shape index (κ1) is 43.4. The lowest BCUT2D eigenvalue weighted by atomic mass is 9.98. The summed E-state index contributed by atoms with van der Waals surface area (Å²) < 4.78 is 16.7. The predicted octanol–water partition coefficient (Wildman–Crippen LogP) is 18.9. The van der Waals surface area contributed by atoms with Gasteiger partial charge in [-0.3, -0.25) is 0 Å². The minimum atomic E-state index is 0.853. The number of fused-ring (bicyclic) bond motifs is 13. The van der Waals surface area contributed by atoms with Gasteiger partial charge in [0.1, 0.15) is 11.2 Å². The van der Waals surface area contributed by atoms with Gasteiger partial charge in [-0.1, -0.05) is 164 Å². The van der Waals surface area contributed by atoms with Gasteiger partial charge in [-0.2, -0.15) is 0 Å². The van der Waals surface area contributed by atoms with Gasteiger partial charge in [-0.05, 0) is 137 Å². The topological polar surface area (TPSA) is 32.8 Å². The molecule has 0 bridgehead atoms. The Bertz CT molecular complexity index is 4760. The lowest BCUT2D eigenvalue weighted by Gasteiger charge is -2.28. The van der Waals surface area contributed by atoms with Gasteiger partial charge in [0.05, 0.1) is 11.4 Å². The van der Waals surface area contributed by atoms with E-state index in [2.05, 4.69) is 254 Å². The van der Waals surface area contributed by atoms with Crippen LogP contribution in [0.5, 0.6) is 0 Å². The van der Waals surface area contributed by atoms with Crippen molar-refractivity contribution in [2.24, 2.45) is 0 Å². The Kier molecular flexibility index (Phi) is 9.98. The van der Waals surface area contributed by atoms with Crippen molar-refractivity contribution in [3.05, 3.63) is 246 Å². The molecule has 14 aromatic rings. The third-order valence-corrected chi connectivity index (χ3v) is 16.5. The highest BCUT2D eigenvalue weighted by molar-refractivity contribution is 7.26. The summed E-state index contributed by atoms with van der Waals surface area (Å²) in [5.74, 6) is 0. The van der Waals surface area contributed by atoms with E-state index in [1.165, 1.54) is 63.8 Å². The SMILES string of the molecule is Cc1cccc(N(C2=c3oc4c(-c5ccccc5)cccc4c3=CCC2)c2ccc3c(ccc4sc5ccc6cc(N(c7cccc(C)c7)c7cccc8c7oc7c(-c9ccccc9)cccc78)ccc6c5c43)c2)c1. The maximum atomic E-state index is 7.08. The summed E-state index contributed by atoms with van der Waals surface area (Å²) in [6.45, 7) is 4.34. The van der Waals surface area contributed by atoms with E-state index in [-0.39, 0.29) is 0 Å². The zero-order valence-corrected chi connectivity index (χ0v) is 42.3. The molecule has 1 aliphatic rings. The van der Waals surface area contributed by atoms with Crippen LogP contribution in [0.2, 0.25) is 0 Å². The average Bonchev–Trinajstić information content (AvgIpc) is 4.17. The van der Waals surface area contributed by atoms with Gasteiger partial charge < -0.3 is 18.6 Å². The molecule has 0 fully saturated rings. The van der Waals surface area contributed by atoms with E-state index in [0.717, 1.165) is 102 Å². The summed E-state index contributed by atoms with van der Waals surface area (Å²) in [6, 6.07) is 81.6. The zero-order chi connectivity index (χ0) is 49.7. The maximum absolute atomic E-state index is 7.08. The van der Waals surface area contributed by atoms with E-state index in [1.54, 1.807) is 0 Å². The second kappa shape index (κ2) is 17.2. The number of aryl methyl sites for hydroxylation is 2. The van der Waals surface area contributed by atoms with Gasteiger partial charge in [0.25, 0.3) is 0 Å². The van der Waals surface area contributed by atoms with Crippen LogP contribution in [-0.4, -0.2) is 0 Å². The smallest absolute Gasteiger partial charge is 0.159 e. The van der Waals surface area contributed by atoms with Crippen LogP contribution in [0, 0.1) is 13.8 Å². The first-order chi connectivity index (χ1) is 37.0. The summed E-state index contributed by atoms with van der Waals surface area (Å²) in [5, 5.41) is 12.0. The van der Waals surface area contributed by atoms with Crippen molar-refractivity contribution < 1.29 is 8.83 Å². The highest BCUT2D eigenvalue weighted by Crippen LogP contribution is 2.48. The molecule has 3 aromatic heterocycles. The Labute approximate surface area is 437 Å². The van der Waals surface area contributed by atoms with Crippen molar-refractivity contribution in [1.29, 1.82) is 0 Å². The first-order valence-corrected chi connectivity index (χ1v) is 26.7. The molecule has 0 N–H and O–H groups in total. The fourth-order valence-electron chi connectivity index (χ4n) is 12.0. The number of nitrogens with zero attached hydrogens (tertiary/aromatic N) is 2. The van der Waals surface area contributed by atoms with E-state index < -0.39 is 0 Å². The molecule has 1 aliphatic carbocycles. The van der Waals surface area contributed by atoms with E-state index >= 15 is 0 Å². The van der Waals surface area contributed by atoms with E-state index in [4.69, 9.17) is 8.83 Å². The number of benzene rings is 11. The van der Waals surface area contributed by atoms with E-state index in [0.29, 0.717) is 0 Å². The second-order valence-corrected chi connectivity index (χ2v) is 21.1. The van der Waals surface area contributed by atoms with Gasteiger partial charge in [-0.15, -0.1) is 11.3 Å². The third kappa shape index (κ3) is 7.03. The molecule has 75 heavy (non-hydrogen) atoms. The van der Waals surface area contributed by atoms with Crippen LogP contribution in [-0.2, 0) is 0 Å². The highest BCUT2D eigenvalue weighted by Gasteiger charge is 2.25. The Morgan fingerprint density at radius 1 is 0.400 bits per heavy atom. The monoisotopic (exact) mass is 980 g/mol. The molecule has 0 amide bonds. The summed E-state index contributed by atoms with van der Waals surface area (Å²) in [5.41, 5.74) is 17.1. The van der Waals surface area contributed by atoms with E-state index in [9.17, 15) is 0 Å². The minimum absolute atomic E-state index is 0.853. The first-order valence-electron chi connectivity index (χ1n) is 25.9. The van der Waals surface area contributed by atoms with Crippen LogP contribution in [0.3, 0.4) is 0 Å². The normalized spacial score (nSPS) is 12.6. The Hall–Kier alpha value is -9.16. The van der Waals surface area contributed by atoms with Crippen molar-refractivity contribution in [2.75, 3.05) is 9.80 Å². The van der Waals surface area contributed by atoms with Crippen molar-refractivity contribution >= 4 is 126 Å². The van der Waals surface area contributed by atoms with Gasteiger partial charge in [0.15, 0.2) is 11.0 Å². The molecule has 0 spiro atoms. The predicted molar refractivity (Wildman–Crippen MR) is 318 cm³/mol. The van der Waals surface area contributed by atoms with Crippen molar-refractivity contribution in [1.82, 2.24) is 0 Å². The van der Waals surface area contributed by atoms with Gasteiger partial charge in [-0.25, -0.2) is 0 Å². The molecular formula is C70H48N2O2S. The van der Waals surface area contributed by atoms with Crippen molar-refractivity contribution in [3.8, 4) is 22.3 Å². The molecule has 0 atom stereocenters. The minimum Gasteiger partial charge on any atom is -0.454 e. The molecule has 356 valence electrons. The van der Waals surface area contributed by atoms with Gasteiger partial charge in [0, 0.05) is 75.4 Å². The number of hydrogen-bond donors (Lipinski definition) is 0. The maximum Gasteiger partial charge on any atom is 0.159 e. The van der Waals surface area contributed by atoms with Crippen LogP contribution in [0.1, 0.15) is 24.0 Å². The number of thiophene rings is 1. The Morgan fingerprint density at radius 3 is 1.53 bits per heavy atom. The Balaban J connectivity index is 0.890. The number of furan rings is 2. The molecule has 3 heterocycles. The summed E-state index contributed by atoms with van der Waals surface area (Å²) >= 11 is 1.87. The fourth-order valence-corrected chi connectivity index (χ4v) is 13.1. The Morgan fingerprint density at radius 2 is 0.920 bits per heavy atom. The molecule has 0 saturated heterocycles. The quantitative estimate of drug-likeness (QED) is 0.152. The molecule has 0 unspecified atom stereocenters. The molecule has 15 rings (SSSR count). The number of hydrogen-bond acceptors (Lipinski definition) is 5. The van der Waals surface area contributed by atoms with Crippen LogP contribution < -0.4 is 20.4 Å². The lowest BCUT2D eigenvalue weighted by Crippen LogP contribution is -2.33. The average molecular weight is 981 g/mol. The summed E-state index contributed by atoms with van der Waals surface area (Å²) in [6.07, 6.45) is 4.14. The van der Waals surface area contributed by atoms with Crippen LogP contribution >= 0.6 is 11.3 Å². The van der Waals surface area contributed by atoms with Gasteiger partial charge >= 0.3 is 0 Å². The number of rotatable bonds is 8. The van der Waals surface area contributed by atoms with E-state index in [1.807, 2.05) is 11.3 Å². The molecular weight excluding hydrogens is 933 g/mol. The molecule has 11 aromatic carbocycles. The summed E-state index contributed by atoms with van der Waals surface area (Å²) in [7, 11) is 0. The zero-order valence-electron chi connectivity index (χ0n) is 41.5. The van der Waals surface area contributed by atoms with Crippen molar-refractivity contribution in [3.63, 3.8) is 0 Å². The third-order valence-electron chi connectivity index (χ3n) is 15.4. The standard InChI is InChI=1S/C70H48N2O2S/c1-43-15-9-21-49(39-43)71(61-29-13-27-59-57-25-11-23-55(67(57)73-69(59)61)45-17-5-3-6-18-45)51-33-35-53-47(41-51)31-37-63-65(53)66-54-36-34-52(42-48(54)32-38-64(66)75-63)72(50-22-10-16-44(2)40-50)62-30-14-28-60-58-26-12-24-56(68(58)74-70(60)62)46-19-7-4-8-20-46/h3-13,15-29,31-42H,14,30H2,1-2H3. The van der Waals surface area contributed by atoms with Crippen molar-refractivity contribution in [2.45, 2.75) is 26.7 Å². The largest absolute Gasteiger partial charge is 0.454 e. The highest BCUT2D eigenvalue weighted by atomic mass is 32.1. The molecule has 0 saturated carbocycles. The van der Waals surface area contributed by atoms with Crippen LogP contribution in [0.25, 0.3) is 109 Å². The second-order valence-electron chi connectivity index (χ2n) is 20.0. The number of para-hydroxylation sites is 3. The summed E-state index contributed by atoms with van der Waals surface area (Å²) in [4.78, 5) is 4.81. The van der Waals surface area contributed by atoms with Crippen LogP contribution in [0.4, 0.5) is 28.4 Å². The lowest BCUT2D eigenvalue weighted by molar-refractivity contribution is 0.567. The number of anilines is 5. The van der Waals surface area contributed by atoms with Crippen LogP contribution in [0.15, 0.2) is 233 Å². The molecule has 0 aliphatic heterocycles. The molecule has 4 nitrogen and oxygen atoms in total. The molecule has 0 radical (unpaired) electrons. The molecule has 5 heteroatoms. The van der Waals surface area contributed by atoms with Gasteiger partial charge in [0.2, 0.25) is 0 Å².